The number of para-hydroxylation sites is 1. The molecule has 1 N–H and O–H groups in total. The van der Waals surface area contributed by atoms with Crippen molar-refractivity contribution in [3.8, 4) is 0 Å². The van der Waals surface area contributed by atoms with Gasteiger partial charge in [-0.05, 0) is 50.6 Å². The molecule has 1 aromatic heterocycles. The second-order valence-electron chi connectivity index (χ2n) is 6.80. The molecule has 0 amide bonds. The number of rotatable bonds is 7. The number of nitrogens with zero attached hydrogens (tertiary/aromatic N) is 3. The summed E-state index contributed by atoms with van der Waals surface area (Å²) >= 11 is 0. The summed E-state index contributed by atoms with van der Waals surface area (Å²) in [6, 6.07) is 10.7. The van der Waals surface area contributed by atoms with Gasteiger partial charge in [0.25, 0.3) is 0 Å². The Morgan fingerprint density at radius 2 is 2.00 bits per heavy atom. The summed E-state index contributed by atoms with van der Waals surface area (Å²) in [7, 11) is 0. The van der Waals surface area contributed by atoms with Crippen molar-refractivity contribution >= 4 is 16.9 Å². The molecular weight excluding hydrogens is 324 g/mol. The van der Waals surface area contributed by atoms with E-state index in [9.17, 15) is 0 Å². The van der Waals surface area contributed by atoms with Crippen molar-refractivity contribution in [3.63, 3.8) is 0 Å². The van der Waals surface area contributed by atoms with E-state index in [0.29, 0.717) is 6.10 Å². The number of ether oxygens (including phenoxy) is 1. The topological polar surface area (TPSA) is 41.8 Å². The smallest absolute Gasteiger partial charge is 0.193 e. The van der Waals surface area contributed by atoms with Crippen LogP contribution >= 0.6 is 0 Å². The van der Waals surface area contributed by atoms with E-state index in [1.807, 2.05) is 0 Å². The Morgan fingerprint density at radius 1 is 1.19 bits per heavy atom. The molecular formula is C21H32N4O. The number of hydrogen-bond acceptors (Lipinski definition) is 2. The Kier molecular flexibility index (Phi) is 6.95. The van der Waals surface area contributed by atoms with Crippen LogP contribution in [0, 0.1) is 0 Å². The number of aromatic nitrogens is 1. The van der Waals surface area contributed by atoms with E-state index in [-0.39, 0.29) is 0 Å². The molecule has 3 rings (SSSR count). The van der Waals surface area contributed by atoms with Gasteiger partial charge in [0.05, 0.1) is 6.10 Å². The third-order valence-corrected chi connectivity index (χ3v) is 4.98. The first kappa shape index (κ1) is 18.8. The summed E-state index contributed by atoms with van der Waals surface area (Å²) in [5.74, 6) is 1.06. The number of piperidine rings is 1. The van der Waals surface area contributed by atoms with Gasteiger partial charge in [0.15, 0.2) is 5.96 Å². The van der Waals surface area contributed by atoms with Crippen molar-refractivity contribution in [1.29, 1.82) is 0 Å². The zero-order valence-corrected chi connectivity index (χ0v) is 16.2. The second-order valence-corrected chi connectivity index (χ2v) is 6.80. The van der Waals surface area contributed by atoms with Crippen LogP contribution < -0.4 is 5.32 Å². The van der Waals surface area contributed by atoms with Gasteiger partial charge in [-0.1, -0.05) is 18.2 Å². The Morgan fingerprint density at radius 3 is 2.77 bits per heavy atom. The molecule has 1 saturated heterocycles. The number of aliphatic imine (C=N–C) groups is 1. The van der Waals surface area contributed by atoms with E-state index in [1.54, 1.807) is 0 Å². The van der Waals surface area contributed by atoms with Gasteiger partial charge in [-0.25, -0.2) is 0 Å². The first-order valence-electron chi connectivity index (χ1n) is 10.0. The molecule has 26 heavy (non-hydrogen) atoms. The summed E-state index contributed by atoms with van der Waals surface area (Å²) in [4.78, 5) is 7.24. The molecule has 142 valence electrons. The maximum atomic E-state index is 5.76. The van der Waals surface area contributed by atoms with Gasteiger partial charge in [-0.15, -0.1) is 0 Å². The molecule has 2 aromatic rings. The molecule has 2 heterocycles. The normalized spacial score (nSPS) is 16.4. The average molecular weight is 357 g/mol. The Hall–Kier alpha value is -2.01. The lowest BCUT2D eigenvalue weighted by atomic mass is 10.1. The number of benzene rings is 1. The zero-order chi connectivity index (χ0) is 18.2. The van der Waals surface area contributed by atoms with Crippen LogP contribution in [0.25, 0.3) is 10.9 Å². The van der Waals surface area contributed by atoms with Crippen molar-refractivity contribution in [1.82, 2.24) is 14.8 Å². The van der Waals surface area contributed by atoms with Crippen LogP contribution in [0.1, 0.15) is 33.1 Å². The summed E-state index contributed by atoms with van der Waals surface area (Å²) in [6.07, 6.45) is 5.82. The van der Waals surface area contributed by atoms with Gasteiger partial charge in [0.1, 0.15) is 0 Å². The van der Waals surface area contributed by atoms with E-state index < -0.39 is 0 Å². The molecule has 1 fully saturated rings. The molecule has 0 radical (unpaired) electrons. The van der Waals surface area contributed by atoms with Crippen molar-refractivity contribution in [2.75, 3.05) is 32.8 Å². The van der Waals surface area contributed by atoms with E-state index in [2.05, 4.69) is 65.2 Å². The Labute approximate surface area is 157 Å². The van der Waals surface area contributed by atoms with Crippen LogP contribution in [-0.4, -0.2) is 54.3 Å². The van der Waals surface area contributed by atoms with Crippen molar-refractivity contribution in [2.24, 2.45) is 4.99 Å². The molecule has 0 spiro atoms. The van der Waals surface area contributed by atoms with Crippen molar-refractivity contribution < 1.29 is 4.74 Å². The highest BCUT2D eigenvalue weighted by Crippen LogP contribution is 2.16. The van der Waals surface area contributed by atoms with E-state index >= 15 is 0 Å². The summed E-state index contributed by atoms with van der Waals surface area (Å²) < 4.78 is 8.08. The standard InChI is InChI=1S/C21H32N4O/c1-3-22-21(25-16-11-19(12-17-25)26-4-2)23-13-7-14-24-15-10-18-8-5-6-9-20(18)24/h5-6,8-10,15,19H,3-4,7,11-14,16-17H2,1-2H3,(H,22,23). The quantitative estimate of drug-likeness (QED) is 0.469. The maximum Gasteiger partial charge on any atom is 0.193 e. The molecule has 0 aliphatic carbocycles. The van der Waals surface area contributed by atoms with Crippen molar-refractivity contribution in [3.05, 3.63) is 36.5 Å². The number of nitrogens with one attached hydrogen (secondary N) is 1. The number of fused-ring (bicyclic) bond motifs is 1. The van der Waals surface area contributed by atoms with E-state index in [1.165, 1.54) is 10.9 Å². The fourth-order valence-electron chi connectivity index (χ4n) is 3.66. The molecule has 5 heteroatoms. The third kappa shape index (κ3) is 4.79. The highest BCUT2D eigenvalue weighted by Gasteiger charge is 2.21. The van der Waals surface area contributed by atoms with Crippen molar-refractivity contribution in [2.45, 2.75) is 45.8 Å². The van der Waals surface area contributed by atoms with Crippen LogP contribution in [0.5, 0.6) is 0 Å². The molecule has 1 aromatic carbocycles. The number of hydrogen-bond donors (Lipinski definition) is 1. The zero-order valence-electron chi connectivity index (χ0n) is 16.2. The lowest BCUT2D eigenvalue weighted by Crippen LogP contribution is -2.47. The van der Waals surface area contributed by atoms with Gasteiger partial charge in [-0.2, -0.15) is 0 Å². The minimum atomic E-state index is 0.418. The van der Waals surface area contributed by atoms with Gasteiger partial charge in [0.2, 0.25) is 0 Å². The average Bonchev–Trinajstić information content (AvgIpc) is 3.08. The predicted octanol–water partition coefficient (Wildman–Crippen LogP) is 3.50. The minimum Gasteiger partial charge on any atom is -0.378 e. The first-order chi connectivity index (χ1) is 12.8. The third-order valence-electron chi connectivity index (χ3n) is 4.98. The molecule has 0 unspecified atom stereocenters. The summed E-state index contributed by atoms with van der Waals surface area (Å²) in [5.41, 5.74) is 1.31. The Balaban J connectivity index is 1.51. The monoisotopic (exact) mass is 356 g/mol. The molecule has 1 aliphatic rings. The minimum absolute atomic E-state index is 0.418. The van der Waals surface area contributed by atoms with E-state index in [0.717, 1.165) is 64.6 Å². The van der Waals surface area contributed by atoms with Gasteiger partial charge < -0.3 is 19.5 Å². The highest BCUT2D eigenvalue weighted by atomic mass is 16.5. The lowest BCUT2D eigenvalue weighted by Gasteiger charge is -2.34. The number of aryl methyl sites for hydroxylation is 1. The fourth-order valence-corrected chi connectivity index (χ4v) is 3.66. The number of guanidine groups is 1. The van der Waals surface area contributed by atoms with Gasteiger partial charge in [0, 0.05) is 51.0 Å². The Bertz CT molecular complexity index is 701. The maximum absolute atomic E-state index is 5.76. The lowest BCUT2D eigenvalue weighted by molar-refractivity contribution is 0.0264. The molecule has 5 nitrogen and oxygen atoms in total. The fraction of sp³-hybridized carbons (Fsp3) is 0.571. The second kappa shape index (κ2) is 9.62. The molecule has 0 atom stereocenters. The van der Waals surface area contributed by atoms with Crippen LogP contribution in [0.15, 0.2) is 41.5 Å². The van der Waals surface area contributed by atoms with Crippen LogP contribution in [-0.2, 0) is 11.3 Å². The molecule has 1 aliphatic heterocycles. The van der Waals surface area contributed by atoms with Crippen LogP contribution in [0.4, 0.5) is 0 Å². The number of likely N-dealkylation sites (tertiary alicyclic amines) is 1. The van der Waals surface area contributed by atoms with Crippen LogP contribution in [0.3, 0.4) is 0 Å². The first-order valence-corrected chi connectivity index (χ1v) is 10.0. The molecule has 0 bridgehead atoms. The van der Waals surface area contributed by atoms with Crippen LogP contribution in [0.2, 0.25) is 0 Å². The predicted molar refractivity (Wildman–Crippen MR) is 109 cm³/mol. The summed E-state index contributed by atoms with van der Waals surface area (Å²) in [6.45, 7) is 9.83. The van der Waals surface area contributed by atoms with Gasteiger partial charge in [-0.3, -0.25) is 4.99 Å². The van der Waals surface area contributed by atoms with Gasteiger partial charge >= 0.3 is 0 Å². The largest absolute Gasteiger partial charge is 0.378 e. The van der Waals surface area contributed by atoms with E-state index in [4.69, 9.17) is 9.73 Å². The molecule has 0 saturated carbocycles. The summed E-state index contributed by atoms with van der Waals surface area (Å²) in [5, 5.41) is 4.76. The SMILES string of the molecule is CCNC(=NCCCn1ccc2ccccc21)N1CCC(OCC)CC1. The highest BCUT2D eigenvalue weighted by molar-refractivity contribution is 5.80.